The van der Waals surface area contributed by atoms with E-state index >= 15 is 0 Å². The average Bonchev–Trinajstić information content (AvgIpc) is 2.42. The topological polar surface area (TPSA) is 58.2 Å². The lowest BCUT2D eigenvalue weighted by atomic mass is 10.0. The molecule has 1 aromatic rings. The fourth-order valence-electron chi connectivity index (χ4n) is 2.24. The second kappa shape index (κ2) is 6.87. The highest BCUT2D eigenvalue weighted by atomic mass is 79.9. The predicted octanol–water partition coefficient (Wildman–Crippen LogP) is 2.80. The van der Waals surface area contributed by atoms with Gasteiger partial charge in [0.2, 0.25) is 10.0 Å². The van der Waals surface area contributed by atoms with Gasteiger partial charge in [-0.2, -0.15) is 0 Å². The highest BCUT2D eigenvalue weighted by Gasteiger charge is 2.21. The van der Waals surface area contributed by atoms with E-state index in [9.17, 15) is 8.42 Å². The summed E-state index contributed by atoms with van der Waals surface area (Å²) in [6.45, 7) is 4.31. The van der Waals surface area contributed by atoms with Crippen molar-refractivity contribution in [1.82, 2.24) is 10.0 Å². The Morgan fingerprint density at radius 1 is 1.35 bits per heavy atom. The van der Waals surface area contributed by atoms with Gasteiger partial charge in [0.05, 0.1) is 4.90 Å². The Morgan fingerprint density at radius 3 is 2.75 bits per heavy atom. The third kappa shape index (κ3) is 4.04. The van der Waals surface area contributed by atoms with Crippen LogP contribution >= 0.6 is 31.9 Å². The monoisotopic (exact) mass is 424 g/mol. The molecule has 2 N–H and O–H groups in total. The van der Waals surface area contributed by atoms with Crippen LogP contribution in [0.2, 0.25) is 0 Å². The molecule has 0 aromatic heterocycles. The maximum atomic E-state index is 12.4. The maximum absolute atomic E-state index is 12.4. The second-order valence-corrected chi connectivity index (χ2v) is 8.54. The van der Waals surface area contributed by atoms with Crippen molar-refractivity contribution in [3.05, 3.63) is 26.6 Å². The van der Waals surface area contributed by atoms with Crippen LogP contribution in [0.3, 0.4) is 0 Å². The SMILES string of the molecule is Cc1cc(Br)c(S(=O)(=O)NCC2CCCNC2)cc1Br. The van der Waals surface area contributed by atoms with Gasteiger partial charge in [0.25, 0.3) is 0 Å². The van der Waals surface area contributed by atoms with Gasteiger partial charge in [-0.15, -0.1) is 0 Å². The zero-order valence-electron chi connectivity index (χ0n) is 11.2. The molecule has 0 aliphatic carbocycles. The normalized spacial score (nSPS) is 20.1. The van der Waals surface area contributed by atoms with Gasteiger partial charge in [-0.25, -0.2) is 13.1 Å². The van der Waals surface area contributed by atoms with Gasteiger partial charge in [0.1, 0.15) is 0 Å². The standard InChI is InChI=1S/C13H18Br2N2O2S/c1-9-5-12(15)13(6-11(9)14)20(18,19)17-8-10-3-2-4-16-7-10/h5-6,10,16-17H,2-4,7-8H2,1H3. The largest absolute Gasteiger partial charge is 0.316 e. The van der Waals surface area contributed by atoms with Crippen LogP contribution in [0.25, 0.3) is 0 Å². The van der Waals surface area contributed by atoms with E-state index in [-0.39, 0.29) is 4.90 Å². The molecule has 1 heterocycles. The van der Waals surface area contributed by atoms with Gasteiger partial charge in [-0.3, -0.25) is 0 Å². The number of aryl methyl sites for hydroxylation is 1. The molecule has 1 fully saturated rings. The zero-order chi connectivity index (χ0) is 14.8. The lowest BCUT2D eigenvalue weighted by Crippen LogP contribution is -2.38. The smallest absolute Gasteiger partial charge is 0.241 e. The Morgan fingerprint density at radius 2 is 2.10 bits per heavy atom. The lowest BCUT2D eigenvalue weighted by Gasteiger charge is -2.23. The Hall–Kier alpha value is 0.0500. The third-order valence-electron chi connectivity index (χ3n) is 3.46. The van der Waals surface area contributed by atoms with Crippen molar-refractivity contribution >= 4 is 41.9 Å². The molecular formula is C13H18Br2N2O2S. The molecule has 0 bridgehead atoms. The first-order valence-electron chi connectivity index (χ1n) is 6.56. The van der Waals surface area contributed by atoms with Crippen LogP contribution in [0.5, 0.6) is 0 Å². The van der Waals surface area contributed by atoms with Crippen molar-refractivity contribution in [2.24, 2.45) is 5.92 Å². The highest BCUT2D eigenvalue weighted by molar-refractivity contribution is 9.11. The summed E-state index contributed by atoms with van der Waals surface area (Å²) in [6, 6.07) is 3.45. The van der Waals surface area contributed by atoms with Crippen molar-refractivity contribution in [2.45, 2.75) is 24.7 Å². The van der Waals surface area contributed by atoms with Crippen LogP contribution in [-0.4, -0.2) is 28.1 Å². The zero-order valence-corrected chi connectivity index (χ0v) is 15.2. The molecule has 112 valence electrons. The van der Waals surface area contributed by atoms with Crippen molar-refractivity contribution in [3.8, 4) is 0 Å². The summed E-state index contributed by atoms with van der Waals surface area (Å²) in [5.74, 6) is 0.367. The average molecular weight is 426 g/mol. The predicted molar refractivity (Wildman–Crippen MR) is 87.4 cm³/mol. The number of nitrogens with one attached hydrogen (secondary N) is 2. The Bertz CT molecular complexity index is 584. The first kappa shape index (κ1) is 16.4. The molecule has 1 unspecified atom stereocenters. The van der Waals surface area contributed by atoms with E-state index in [2.05, 4.69) is 41.9 Å². The summed E-state index contributed by atoms with van der Waals surface area (Å²) in [6.07, 6.45) is 2.17. The molecule has 0 radical (unpaired) electrons. The molecule has 0 amide bonds. The number of benzene rings is 1. The Balaban J connectivity index is 2.11. The van der Waals surface area contributed by atoms with Crippen LogP contribution in [-0.2, 0) is 10.0 Å². The van der Waals surface area contributed by atoms with E-state index < -0.39 is 10.0 Å². The van der Waals surface area contributed by atoms with E-state index in [1.807, 2.05) is 6.92 Å². The van der Waals surface area contributed by atoms with Crippen LogP contribution in [0, 0.1) is 12.8 Å². The van der Waals surface area contributed by atoms with E-state index in [0.29, 0.717) is 16.9 Å². The minimum absolute atomic E-state index is 0.277. The van der Waals surface area contributed by atoms with Crippen molar-refractivity contribution in [1.29, 1.82) is 0 Å². The number of piperidine rings is 1. The van der Waals surface area contributed by atoms with Gasteiger partial charge in [0.15, 0.2) is 0 Å². The van der Waals surface area contributed by atoms with Gasteiger partial charge in [-0.1, -0.05) is 15.9 Å². The Kier molecular flexibility index (Phi) is 5.64. The number of sulfonamides is 1. The number of hydrogen-bond donors (Lipinski definition) is 2. The summed E-state index contributed by atoms with van der Waals surface area (Å²) in [7, 11) is -3.48. The van der Waals surface area contributed by atoms with Crippen LogP contribution in [0.15, 0.2) is 26.0 Å². The van der Waals surface area contributed by atoms with Gasteiger partial charge in [0, 0.05) is 15.5 Å². The molecule has 1 atom stereocenters. The number of rotatable bonds is 4. The molecular weight excluding hydrogens is 408 g/mol. The molecule has 1 aliphatic rings. The molecule has 20 heavy (non-hydrogen) atoms. The van der Waals surface area contributed by atoms with Crippen molar-refractivity contribution < 1.29 is 8.42 Å². The molecule has 0 spiro atoms. The lowest BCUT2D eigenvalue weighted by molar-refractivity contribution is 0.376. The maximum Gasteiger partial charge on any atom is 0.241 e. The first-order valence-corrected chi connectivity index (χ1v) is 9.63. The summed E-state index contributed by atoms with van der Waals surface area (Å²) in [5, 5.41) is 3.29. The van der Waals surface area contributed by atoms with Gasteiger partial charge in [-0.05, 0) is 72.4 Å². The fraction of sp³-hybridized carbons (Fsp3) is 0.538. The molecule has 7 heteroatoms. The highest BCUT2D eigenvalue weighted by Crippen LogP contribution is 2.28. The first-order chi connectivity index (χ1) is 9.40. The van der Waals surface area contributed by atoms with E-state index in [1.54, 1.807) is 12.1 Å². The van der Waals surface area contributed by atoms with Gasteiger partial charge < -0.3 is 5.32 Å². The third-order valence-corrected chi connectivity index (χ3v) is 6.70. The number of halogens is 2. The molecule has 4 nitrogen and oxygen atoms in total. The summed E-state index contributed by atoms with van der Waals surface area (Å²) in [4.78, 5) is 0.277. The van der Waals surface area contributed by atoms with E-state index in [0.717, 1.165) is 36.0 Å². The molecule has 1 saturated heterocycles. The van der Waals surface area contributed by atoms with Crippen molar-refractivity contribution in [3.63, 3.8) is 0 Å². The summed E-state index contributed by atoms with van der Waals surface area (Å²) in [5.41, 5.74) is 0.993. The molecule has 0 saturated carbocycles. The van der Waals surface area contributed by atoms with Crippen molar-refractivity contribution in [2.75, 3.05) is 19.6 Å². The van der Waals surface area contributed by atoms with Crippen LogP contribution in [0.1, 0.15) is 18.4 Å². The van der Waals surface area contributed by atoms with Crippen LogP contribution in [0.4, 0.5) is 0 Å². The molecule has 1 aliphatic heterocycles. The van der Waals surface area contributed by atoms with E-state index in [1.165, 1.54) is 0 Å². The minimum atomic E-state index is -3.48. The second-order valence-electron chi connectivity index (χ2n) is 5.10. The van der Waals surface area contributed by atoms with Crippen LogP contribution < -0.4 is 10.0 Å². The number of hydrogen-bond acceptors (Lipinski definition) is 3. The quantitative estimate of drug-likeness (QED) is 0.779. The minimum Gasteiger partial charge on any atom is -0.316 e. The van der Waals surface area contributed by atoms with E-state index in [4.69, 9.17) is 0 Å². The summed E-state index contributed by atoms with van der Waals surface area (Å²) >= 11 is 6.71. The molecule has 2 rings (SSSR count). The Labute approximate surface area is 137 Å². The molecule has 1 aromatic carbocycles. The fourth-order valence-corrected chi connectivity index (χ4v) is 5.03. The van der Waals surface area contributed by atoms with Gasteiger partial charge >= 0.3 is 0 Å². The summed E-state index contributed by atoms with van der Waals surface area (Å²) < 4.78 is 28.8.